The van der Waals surface area contributed by atoms with Crippen LogP contribution in [0.5, 0.6) is 11.5 Å². The first-order chi connectivity index (χ1) is 8.59. The lowest BCUT2D eigenvalue weighted by Crippen LogP contribution is -2.22. The van der Waals surface area contributed by atoms with Gasteiger partial charge in [-0.25, -0.2) is 0 Å². The van der Waals surface area contributed by atoms with Crippen LogP contribution in [0.2, 0.25) is 0 Å². The highest BCUT2D eigenvalue weighted by molar-refractivity contribution is 7.08. The molecule has 3 N–H and O–H groups in total. The number of aromatic hydroxyl groups is 2. The molecule has 0 atom stereocenters. The molecule has 0 aliphatic rings. The zero-order valence-electron chi connectivity index (χ0n) is 9.80. The molecule has 0 spiro atoms. The summed E-state index contributed by atoms with van der Waals surface area (Å²) in [7, 11) is 0. The second-order valence-corrected chi connectivity index (χ2v) is 4.68. The Labute approximate surface area is 109 Å². The number of carbonyl (C=O) groups excluding carboxylic acids is 1. The molecule has 0 aliphatic carbocycles. The lowest BCUT2D eigenvalue weighted by atomic mass is 10.1. The first kappa shape index (κ1) is 12.4. The minimum absolute atomic E-state index is 0.0721. The predicted molar refractivity (Wildman–Crippen MR) is 70.0 cm³/mol. The Morgan fingerprint density at radius 1 is 1.33 bits per heavy atom. The van der Waals surface area contributed by atoms with Crippen molar-refractivity contribution in [3.8, 4) is 11.5 Å². The van der Waals surface area contributed by atoms with Crippen LogP contribution in [0.25, 0.3) is 0 Å². The van der Waals surface area contributed by atoms with Crippen molar-refractivity contribution in [1.29, 1.82) is 0 Å². The van der Waals surface area contributed by atoms with E-state index in [4.69, 9.17) is 0 Å². The fraction of sp³-hybridized carbons (Fsp3) is 0.154. The van der Waals surface area contributed by atoms with Crippen LogP contribution in [-0.2, 0) is 6.54 Å². The zero-order valence-corrected chi connectivity index (χ0v) is 10.6. The van der Waals surface area contributed by atoms with Crippen LogP contribution in [0, 0.1) is 6.92 Å². The lowest BCUT2D eigenvalue weighted by Gasteiger charge is -2.07. The second-order valence-electron chi connectivity index (χ2n) is 3.94. The Balaban J connectivity index is 2.09. The van der Waals surface area contributed by atoms with E-state index in [9.17, 15) is 15.0 Å². The highest BCUT2D eigenvalue weighted by Gasteiger charge is 2.13. The van der Waals surface area contributed by atoms with Crippen LogP contribution in [-0.4, -0.2) is 16.1 Å². The van der Waals surface area contributed by atoms with E-state index in [0.29, 0.717) is 6.54 Å². The monoisotopic (exact) mass is 263 g/mol. The largest absolute Gasteiger partial charge is 0.504 e. The van der Waals surface area contributed by atoms with Crippen LogP contribution >= 0.6 is 11.3 Å². The molecule has 5 heteroatoms. The van der Waals surface area contributed by atoms with Crippen molar-refractivity contribution in [3.05, 3.63) is 45.6 Å². The maximum absolute atomic E-state index is 11.8. The highest BCUT2D eigenvalue weighted by Crippen LogP contribution is 2.28. The first-order valence-corrected chi connectivity index (χ1v) is 6.34. The summed E-state index contributed by atoms with van der Waals surface area (Å²) in [6, 6.07) is 4.31. The Morgan fingerprint density at radius 2 is 2.11 bits per heavy atom. The predicted octanol–water partition coefficient (Wildman–Crippen LogP) is 2.40. The van der Waals surface area contributed by atoms with E-state index in [1.54, 1.807) is 11.3 Å². The normalized spacial score (nSPS) is 10.3. The maximum atomic E-state index is 11.8. The number of aryl methyl sites for hydroxylation is 1. The Bertz CT molecular complexity index is 577. The maximum Gasteiger partial charge on any atom is 0.255 e. The molecule has 0 radical (unpaired) electrons. The molecule has 1 aromatic carbocycles. The Hall–Kier alpha value is -2.01. The lowest BCUT2D eigenvalue weighted by molar-refractivity contribution is 0.0947. The summed E-state index contributed by atoms with van der Waals surface area (Å²) in [5, 5.41) is 25.6. The van der Waals surface area contributed by atoms with Crippen molar-refractivity contribution in [3.63, 3.8) is 0 Å². The van der Waals surface area contributed by atoms with Gasteiger partial charge in [0.15, 0.2) is 11.5 Å². The van der Waals surface area contributed by atoms with Crippen LogP contribution in [0.4, 0.5) is 0 Å². The van der Waals surface area contributed by atoms with Gasteiger partial charge in [-0.3, -0.25) is 4.79 Å². The number of hydrogen-bond acceptors (Lipinski definition) is 4. The van der Waals surface area contributed by atoms with Gasteiger partial charge in [-0.15, -0.1) is 0 Å². The molecular formula is C13H13NO3S. The molecule has 0 bridgehead atoms. The van der Waals surface area contributed by atoms with Gasteiger partial charge in [0.2, 0.25) is 0 Å². The van der Waals surface area contributed by atoms with Crippen molar-refractivity contribution in [2.45, 2.75) is 13.5 Å². The number of carbonyl (C=O) groups is 1. The van der Waals surface area contributed by atoms with E-state index < -0.39 is 11.7 Å². The molecular weight excluding hydrogens is 250 g/mol. The quantitative estimate of drug-likeness (QED) is 0.745. The number of phenols is 2. The molecule has 0 fully saturated rings. The summed E-state index contributed by atoms with van der Waals surface area (Å²) in [6.07, 6.45) is 0. The van der Waals surface area contributed by atoms with Crippen molar-refractivity contribution in [2.24, 2.45) is 0 Å². The third kappa shape index (κ3) is 2.46. The van der Waals surface area contributed by atoms with E-state index in [1.165, 1.54) is 18.2 Å². The standard InChI is InChI=1S/C13H13NO3S/c1-8-6-18-7-9(8)5-14-13(17)10-3-2-4-11(15)12(10)16/h2-4,6-7,15-16H,5H2,1H3,(H,14,17). The third-order valence-corrected chi connectivity index (χ3v) is 3.57. The fourth-order valence-corrected chi connectivity index (χ4v) is 2.41. The molecule has 0 saturated carbocycles. The highest BCUT2D eigenvalue weighted by atomic mass is 32.1. The van der Waals surface area contributed by atoms with Crippen LogP contribution in [0.1, 0.15) is 21.5 Å². The van der Waals surface area contributed by atoms with E-state index >= 15 is 0 Å². The number of para-hydroxylation sites is 1. The third-order valence-electron chi connectivity index (χ3n) is 2.66. The van der Waals surface area contributed by atoms with Crippen LogP contribution in [0.15, 0.2) is 29.0 Å². The summed E-state index contributed by atoms with van der Waals surface area (Å²) >= 11 is 1.58. The average Bonchev–Trinajstić information content (AvgIpc) is 2.75. The van der Waals surface area contributed by atoms with Crippen LogP contribution in [0.3, 0.4) is 0 Å². The van der Waals surface area contributed by atoms with Gasteiger partial charge in [0.25, 0.3) is 5.91 Å². The molecule has 1 heterocycles. The summed E-state index contributed by atoms with van der Waals surface area (Å²) in [5.74, 6) is -1.10. The molecule has 94 valence electrons. The SMILES string of the molecule is Cc1cscc1CNC(=O)c1cccc(O)c1O. The van der Waals surface area contributed by atoms with Gasteiger partial charge >= 0.3 is 0 Å². The number of rotatable bonds is 3. The number of thiophene rings is 1. The number of benzene rings is 1. The fourth-order valence-electron chi connectivity index (χ4n) is 1.55. The van der Waals surface area contributed by atoms with E-state index in [-0.39, 0.29) is 11.3 Å². The van der Waals surface area contributed by atoms with Crippen molar-refractivity contribution >= 4 is 17.2 Å². The summed E-state index contributed by atoms with van der Waals surface area (Å²) in [5.41, 5.74) is 2.25. The molecule has 4 nitrogen and oxygen atoms in total. The first-order valence-electron chi connectivity index (χ1n) is 5.40. The molecule has 0 unspecified atom stereocenters. The van der Waals surface area contributed by atoms with Gasteiger partial charge in [-0.1, -0.05) is 6.07 Å². The van der Waals surface area contributed by atoms with E-state index in [0.717, 1.165) is 11.1 Å². The Kier molecular flexibility index (Phi) is 3.53. The zero-order chi connectivity index (χ0) is 13.1. The van der Waals surface area contributed by atoms with Crippen molar-refractivity contribution in [2.75, 3.05) is 0 Å². The second kappa shape index (κ2) is 5.10. The summed E-state index contributed by atoms with van der Waals surface area (Å²) < 4.78 is 0. The van der Waals surface area contributed by atoms with Crippen LogP contribution < -0.4 is 5.32 Å². The van der Waals surface area contributed by atoms with Gasteiger partial charge in [-0.05, 0) is 40.9 Å². The molecule has 0 aliphatic heterocycles. The molecule has 1 aromatic heterocycles. The molecule has 2 rings (SSSR count). The molecule has 1 amide bonds. The summed E-state index contributed by atoms with van der Waals surface area (Å²) in [4.78, 5) is 11.8. The topological polar surface area (TPSA) is 69.6 Å². The number of nitrogens with one attached hydrogen (secondary N) is 1. The number of phenolic OH excluding ortho intramolecular Hbond substituents is 2. The van der Waals surface area contributed by atoms with Crippen molar-refractivity contribution in [1.82, 2.24) is 5.32 Å². The smallest absolute Gasteiger partial charge is 0.255 e. The van der Waals surface area contributed by atoms with E-state index in [2.05, 4.69) is 5.32 Å². The average molecular weight is 263 g/mol. The van der Waals surface area contributed by atoms with Gasteiger partial charge in [0, 0.05) is 6.54 Å². The molecule has 18 heavy (non-hydrogen) atoms. The minimum atomic E-state index is -0.408. The van der Waals surface area contributed by atoms with Crippen molar-refractivity contribution < 1.29 is 15.0 Å². The molecule has 0 saturated heterocycles. The van der Waals surface area contributed by atoms with Gasteiger partial charge < -0.3 is 15.5 Å². The number of hydrogen-bond donors (Lipinski definition) is 3. The van der Waals surface area contributed by atoms with Gasteiger partial charge in [0.1, 0.15) is 0 Å². The minimum Gasteiger partial charge on any atom is -0.504 e. The van der Waals surface area contributed by atoms with E-state index in [1.807, 2.05) is 17.7 Å². The molecule has 2 aromatic rings. The number of amides is 1. The van der Waals surface area contributed by atoms with Gasteiger partial charge in [0.05, 0.1) is 5.56 Å². The Morgan fingerprint density at radius 3 is 2.78 bits per heavy atom. The van der Waals surface area contributed by atoms with Gasteiger partial charge in [-0.2, -0.15) is 11.3 Å². The summed E-state index contributed by atoms with van der Waals surface area (Å²) in [6.45, 7) is 2.38.